The van der Waals surface area contributed by atoms with Crippen LogP contribution >= 0.6 is 0 Å². The highest BCUT2D eigenvalue weighted by Crippen LogP contribution is 2.19. The van der Waals surface area contributed by atoms with E-state index < -0.39 is 0 Å². The van der Waals surface area contributed by atoms with Crippen LogP contribution < -0.4 is 5.32 Å². The van der Waals surface area contributed by atoms with Crippen molar-refractivity contribution in [2.24, 2.45) is 13.0 Å². The molecule has 0 spiro atoms. The Hall–Kier alpha value is -1.55. The molecule has 0 saturated carbocycles. The van der Waals surface area contributed by atoms with Crippen LogP contribution in [0, 0.1) is 5.92 Å². The maximum Gasteiger partial charge on any atom is 0.203 e. The van der Waals surface area contributed by atoms with E-state index in [1.807, 2.05) is 12.1 Å². The van der Waals surface area contributed by atoms with Crippen LogP contribution in [0.25, 0.3) is 11.0 Å². The van der Waals surface area contributed by atoms with Gasteiger partial charge in [0, 0.05) is 26.8 Å². The number of ether oxygens (including phenoxy) is 1. The van der Waals surface area contributed by atoms with Crippen LogP contribution in [-0.4, -0.2) is 29.3 Å². The van der Waals surface area contributed by atoms with Gasteiger partial charge in [-0.15, -0.1) is 0 Å². The summed E-state index contributed by atoms with van der Waals surface area (Å²) < 4.78 is 7.49. The second-order valence-electron chi connectivity index (χ2n) is 4.92. The summed E-state index contributed by atoms with van der Waals surface area (Å²) in [5.41, 5.74) is 2.22. The first-order valence-corrected chi connectivity index (χ1v) is 6.57. The molecule has 2 aromatic rings. The minimum Gasteiger partial charge on any atom is -0.381 e. The van der Waals surface area contributed by atoms with Crippen molar-refractivity contribution in [3.05, 3.63) is 24.3 Å². The van der Waals surface area contributed by atoms with Crippen LogP contribution in [0.2, 0.25) is 0 Å². The number of aromatic nitrogens is 2. The van der Waals surface area contributed by atoms with Gasteiger partial charge in [-0.2, -0.15) is 0 Å². The van der Waals surface area contributed by atoms with E-state index >= 15 is 0 Å². The Labute approximate surface area is 107 Å². The largest absolute Gasteiger partial charge is 0.381 e. The molecule has 0 radical (unpaired) electrons. The molecule has 2 heterocycles. The lowest BCUT2D eigenvalue weighted by Crippen LogP contribution is -2.23. The predicted molar refractivity (Wildman–Crippen MR) is 72.7 cm³/mol. The monoisotopic (exact) mass is 245 g/mol. The average molecular weight is 245 g/mol. The number of nitrogens with one attached hydrogen (secondary N) is 1. The number of fused-ring (bicyclic) bond motifs is 1. The highest BCUT2D eigenvalue weighted by molar-refractivity contribution is 5.78. The number of para-hydroxylation sites is 2. The molecule has 1 aliphatic rings. The summed E-state index contributed by atoms with van der Waals surface area (Å²) in [5, 5.41) is 3.47. The molecular weight excluding hydrogens is 226 g/mol. The Balaban J connectivity index is 1.72. The lowest BCUT2D eigenvalue weighted by Gasteiger charge is -2.22. The van der Waals surface area contributed by atoms with Crippen molar-refractivity contribution in [3.8, 4) is 0 Å². The van der Waals surface area contributed by atoms with Gasteiger partial charge in [0.15, 0.2) is 0 Å². The third-order valence-electron chi connectivity index (χ3n) is 3.68. The van der Waals surface area contributed by atoms with E-state index in [0.717, 1.165) is 44.1 Å². The van der Waals surface area contributed by atoms with Gasteiger partial charge in [-0.3, -0.25) is 0 Å². The summed E-state index contributed by atoms with van der Waals surface area (Å²) in [7, 11) is 2.06. The van der Waals surface area contributed by atoms with Crippen LogP contribution in [-0.2, 0) is 11.8 Å². The fourth-order valence-electron chi connectivity index (χ4n) is 2.49. The van der Waals surface area contributed by atoms with Crippen molar-refractivity contribution in [2.75, 3.05) is 25.1 Å². The normalized spacial score (nSPS) is 17.2. The lowest BCUT2D eigenvalue weighted by molar-refractivity contribution is 0.0699. The maximum absolute atomic E-state index is 5.37. The number of anilines is 1. The number of hydrogen-bond acceptors (Lipinski definition) is 3. The SMILES string of the molecule is Cn1c(NCC2CCOCC2)nc2ccccc21. The molecule has 0 unspecified atom stereocenters. The first kappa shape index (κ1) is 11.5. The number of nitrogens with zero attached hydrogens (tertiary/aromatic N) is 2. The van der Waals surface area contributed by atoms with Crippen molar-refractivity contribution in [1.29, 1.82) is 0 Å². The topological polar surface area (TPSA) is 39.1 Å². The van der Waals surface area contributed by atoms with E-state index in [1.54, 1.807) is 0 Å². The summed E-state index contributed by atoms with van der Waals surface area (Å²) in [6.07, 6.45) is 2.30. The molecule has 4 heteroatoms. The third-order valence-corrected chi connectivity index (χ3v) is 3.68. The van der Waals surface area contributed by atoms with E-state index in [4.69, 9.17) is 4.74 Å². The van der Waals surface area contributed by atoms with E-state index in [9.17, 15) is 0 Å². The van der Waals surface area contributed by atoms with Gasteiger partial charge in [0.2, 0.25) is 5.95 Å². The molecule has 0 bridgehead atoms. The smallest absolute Gasteiger partial charge is 0.203 e. The summed E-state index contributed by atoms with van der Waals surface area (Å²) >= 11 is 0. The molecule has 18 heavy (non-hydrogen) atoms. The molecular formula is C14H19N3O. The molecule has 1 fully saturated rings. The molecule has 96 valence electrons. The quantitative estimate of drug-likeness (QED) is 0.902. The van der Waals surface area contributed by atoms with Crippen LogP contribution in [0.5, 0.6) is 0 Å². The third kappa shape index (κ3) is 2.20. The zero-order valence-electron chi connectivity index (χ0n) is 10.7. The van der Waals surface area contributed by atoms with Gasteiger partial charge >= 0.3 is 0 Å². The van der Waals surface area contributed by atoms with Gasteiger partial charge in [-0.1, -0.05) is 12.1 Å². The number of imidazole rings is 1. The summed E-state index contributed by atoms with van der Waals surface area (Å²) in [6, 6.07) is 8.22. The van der Waals surface area contributed by atoms with E-state index in [0.29, 0.717) is 5.92 Å². The number of hydrogen-bond donors (Lipinski definition) is 1. The summed E-state index contributed by atoms with van der Waals surface area (Å²) in [6.45, 7) is 2.78. The zero-order chi connectivity index (χ0) is 12.4. The Morgan fingerprint density at radius 2 is 2.11 bits per heavy atom. The van der Waals surface area contributed by atoms with Gasteiger partial charge in [0.05, 0.1) is 11.0 Å². The first-order valence-electron chi connectivity index (χ1n) is 6.57. The van der Waals surface area contributed by atoms with Gasteiger partial charge in [-0.25, -0.2) is 4.98 Å². The minimum absolute atomic E-state index is 0.707. The molecule has 0 aliphatic carbocycles. The first-order chi connectivity index (χ1) is 8.84. The second kappa shape index (κ2) is 4.98. The molecule has 1 N–H and O–H groups in total. The molecule has 1 aromatic heterocycles. The maximum atomic E-state index is 5.37. The van der Waals surface area contributed by atoms with E-state index in [-0.39, 0.29) is 0 Å². The molecule has 1 saturated heterocycles. The number of benzene rings is 1. The predicted octanol–water partition coefficient (Wildman–Crippen LogP) is 2.41. The van der Waals surface area contributed by atoms with Crippen LogP contribution in [0.1, 0.15) is 12.8 Å². The Bertz CT molecular complexity index is 529. The van der Waals surface area contributed by atoms with Crippen LogP contribution in [0.15, 0.2) is 24.3 Å². The zero-order valence-corrected chi connectivity index (χ0v) is 10.7. The minimum atomic E-state index is 0.707. The molecule has 1 aliphatic heterocycles. The van der Waals surface area contributed by atoms with Crippen LogP contribution in [0.4, 0.5) is 5.95 Å². The standard InChI is InChI=1S/C14H19N3O/c1-17-13-5-3-2-4-12(13)16-14(17)15-10-11-6-8-18-9-7-11/h2-5,11H,6-10H2,1H3,(H,15,16). The molecule has 0 atom stereocenters. The summed E-state index contributed by atoms with van der Waals surface area (Å²) in [5.74, 6) is 1.67. The average Bonchev–Trinajstić information content (AvgIpc) is 2.75. The Kier molecular flexibility index (Phi) is 3.19. The fourth-order valence-corrected chi connectivity index (χ4v) is 2.49. The van der Waals surface area contributed by atoms with Crippen molar-refractivity contribution in [2.45, 2.75) is 12.8 Å². The summed E-state index contributed by atoms with van der Waals surface area (Å²) in [4.78, 5) is 4.62. The van der Waals surface area contributed by atoms with Gasteiger partial charge in [-0.05, 0) is 30.9 Å². The fraction of sp³-hybridized carbons (Fsp3) is 0.500. The van der Waals surface area contributed by atoms with Gasteiger partial charge in [0.1, 0.15) is 0 Å². The molecule has 0 amide bonds. The van der Waals surface area contributed by atoms with E-state index in [1.165, 1.54) is 5.52 Å². The lowest BCUT2D eigenvalue weighted by atomic mass is 10.0. The Morgan fingerprint density at radius 1 is 1.33 bits per heavy atom. The molecule has 4 nitrogen and oxygen atoms in total. The highest BCUT2D eigenvalue weighted by atomic mass is 16.5. The highest BCUT2D eigenvalue weighted by Gasteiger charge is 2.14. The number of aryl methyl sites for hydroxylation is 1. The number of rotatable bonds is 3. The van der Waals surface area contributed by atoms with Gasteiger partial charge in [0.25, 0.3) is 0 Å². The molecule has 1 aromatic carbocycles. The second-order valence-corrected chi connectivity index (χ2v) is 4.92. The van der Waals surface area contributed by atoms with Crippen LogP contribution in [0.3, 0.4) is 0 Å². The van der Waals surface area contributed by atoms with Crippen molar-refractivity contribution < 1.29 is 4.74 Å². The van der Waals surface area contributed by atoms with Crippen molar-refractivity contribution in [1.82, 2.24) is 9.55 Å². The van der Waals surface area contributed by atoms with Gasteiger partial charge < -0.3 is 14.6 Å². The van der Waals surface area contributed by atoms with E-state index in [2.05, 4.69) is 34.0 Å². The van der Waals surface area contributed by atoms with Crippen molar-refractivity contribution in [3.63, 3.8) is 0 Å². The van der Waals surface area contributed by atoms with Crippen molar-refractivity contribution >= 4 is 17.0 Å². The Morgan fingerprint density at radius 3 is 2.89 bits per heavy atom. The molecule has 3 rings (SSSR count).